The van der Waals surface area contributed by atoms with Crippen LogP contribution in [0.1, 0.15) is 84.6 Å². The van der Waals surface area contributed by atoms with Crippen LogP contribution in [0.25, 0.3) is 0 Å². The average molecular weight is 419 g/mol. The largest absolute Gasteiger partial charge is 0.465 e. The zero-order chi connectivity index (χ0) is 21.7. The zero-order valence-corrected chi connectivity index (χ0v) is 19.2. The minimum atomic E-state index is -0.431. The van der Waals surface area contributed by atoms with Gasteiger partial charge in [-0.2, -0.15) is 5.10 Å². The van der Waals surface area contributed by atoms with Crippen molar-refractivity contribution in [1.82, 2.24) is 15.1 Å². The molecule has 8 heteroatoms. The third kappa shape index (κ3) is 3.96. The standard InChI is InChI=1S/C21H30N4O3S/c1-11(2)25-14(9-12(3)23-25)17(26)22-18-15(19(27)28-8)13-10-20(4,5)24-21(6,7)16(13)29-18/h9,11,24H,10H2,1-8H3,(H,22,26). The molecule has 0 bridgehead atoms. The number of carbonyl (C=O) groups excluding carboxylic acids is 2. The lowest BCUT2D eigenvalue weighted by atomic mass is 9.81. The first-order chi connectivity index (χ1) is 13.4. The van der Waals surface area contributed by atoms with Crippen LogP contribution < -0.4 is 10.6 Å². The highest BCUT2D eigenvalue weighted by Gasteiger charge is 2.42. The van der Waals surface area contributed by atoms with Crippen LogP contribution in [0.4, 0.5) is 5.00 Å². The van der Waals surface area contributed by atoms with Crippen LogP contribution in [0.15, 0.2) is 6.07 Å². The third-order valence-electron chi connectivity index (χ3n) is 5.04. The number of nitrogens with one attached hydrogen (secondary N) is 2. The number of esters is 1. The molecule has 0 unspecified atom stereocenters. The van der Waals surface area contributed by atoms with Gasteiger partial charge in [0, 0.05) is 22.0 Å². The Hall–Kier alpha value is -2.19. The number of anilines is 1. The van der Waals surface area contributed by atoms with Crippen LogP contribution in [0.2, 0.25) is 0 Å². The summed E-state index contributed by atoms with van der Waals surface area (Å²) in [4.78, 5) is 26.8. The summed E-state index contributed by atoms with van der Waals surface area (Å²) in [5, 5.41) is 11.5. The number of hydrogen-bond donors (Lipinski definition) is 2. The fraction of sp³-hybridized carbons (Fsp3) is 0.571. The second kappa shape index (κ2) is 7.25. The lowest BCUT2D eigenvalue weighted by molar-refractivity contribution is 0.0600. The van der Waals surface area contributed by atoms with Crippen LogP contribution >= 0.6 is 11.3 Å². The van der Waals surface area contributed by atoms with Gasteiger partial charge in [0.2, 0.25) is 0 Å². The van der Waals surface area contributed by atoms with Crippen molar-refractivity contribution in [1.29, 1.82) is 0 Å². The lowest BCUT2D eigenvalue weighted by Crippen LogP contribution is -2.55. The fourth-order valence-electron chi connectivity index (χ4n) is 4.18. The number of aryl methyl sites for hydroxylation is 1. The number of fused-ring (bicyclic) bond motifs is 1. The second-order valence-electron chi connectivity index (χ2n) is 9.08. The van der Waals surface area contributed by atoms with Crippen molar-refractivity contribution in [3.8, 4) is 0 Å². The first kappa shape index (κ1) is 21.5. The molecule has 158 valence electrons. The van der Waals surface area contributed by atoms with Crippen molar-refractivity contribution in [3.05, 3.63) is 33.5 Å². The molecule has 0 spiro atoms. The molecule has 0 aliphatic carbocycles. The molecule has 1 aliphatic heterocycles. The number of rotatable bonds is 4. The average Bonchev–Trinajstić information content (AvgIpc) is 3.14. The normalized spacial score (nSPS) is 17.1. The Morgan fingerprint density at radius 1 is 1.31 bits per heavy atom. The van der Waals surface area contributed by atoms with Crippen LogP contribution in [0.3, 0.4) is 0 Å². The number of amides is 1. The topological polar surface area (TPSA) is 85.2 Å². The summed E-state index contributed by atoms with van der Waals surface area (Å²) in [7, 11) is 1.37. The van der Waals surface area contributed by atoms with E-state index in [9.17, 15) is 9.59 Å². The van der Waals surface area contributed by atoms with E-state index in [4.69, 9.17) is 4.74 Å². The molecule has 1 aliphatic rings. The fourth-order valence-corrected chi connectivity index (χ4v) is 5.44. The van der Waals surface area contributed by atoms with Crippen LogP contribution in [-0.4, -0.2) is 34.3 Å². The van der Waals surface area contributed by atoms with Gasteiger partial charge in [0.15, 0.2) is 0 Å². The Labute approximate surface area is 175 Å². The molecule has 0 saturated carbocycles. The van der Waals surface area contributed by atoms with E-state index < -0.39 is 5.97 Å². The summed E-state index contributed by atoms with van der Waals surface area (Å²) < 4.78 is 6.77. The zero-order valence-electron chi connectivity index (χ0n) is 18.4. The van der Waals surface area contributed by atoms with Gasteiger partial charge in [-0.15, -0.1) is 11.3 Å². The van der Waals surface area contributed by atoms with Crippen LogP contribution in [-0.2, 0) is 16.7 Å². The van der Waals surface area contributed by atoms with Gasteiger partial charge < -0.3 is 15.4 Å². The molecule has 3 rings (SSSR count). The van der Waals surface area contributed by atoms with Crippen molar-refractivity contribution >= 4 is 28.2 Å². The molecule has 2 aromatic heterocycles. The Bertz CT molecular complexity index is 969. The van der Waals surface area contributed by atoms with Gasteiger partial charge in [0.25, 0.3) is 5.91 Å². The summed E-state index contributed by atoms with van der Waals surface area (Å²) in [5.74, 6) is -0.715. The van der Waals surface area contributed by atoms with Gasteiger partial charge in [0.1, 0.15) is 10.7 Å². The Balaban J connectivity index is 2.08. The number of methoxy groups -OCH3 is 1. The summed E-state index contributed by atoms with van der Waals surface area (Å²) in [6.45, 7) is 14.2. The van der Waals surface area contributed by atoms with E-state index in [1.54, 1.807) is 10.7 Å². The van der Waals surface area contributed by atoms with Gasteiger partial charge in [-0.25, -0.2) is 4.79 Å². The summed E-state index contributed by atoms with van der Waals surface area (Å²) in [6.07, 6.45) is 0.672. The van der Waals surface area contributed by atoms with Gasteiger partial charge in [-0.05, 0) is 66.5 Å². The number of aromatic nitrogens is 2. The molecule has 0 fully saturated rings. The minimum Gasteiger partial charge on any atom is -0.465 e. The molecule has 0 saturated heterocycles. The lowest BCUT2D eigenvalue weighted by Gasteiger charge is -2.42. The quantitative estimate of drug-likeness (QED) is 0.732. The highest BCUT2D eigenvalue weighted by Crippen LogP contribution is 2.45. The Kier molecular flexibility index (Phi) is 5.38. The van der Waals surface area contributed by atoms with E-state index in [0.717, 1.165) is 16.1 Å². The molecule has 1 amide bonds. The summed E-state index contributed by atoms with van der Waals surface area (Å²) >= 11 is 1.43. The maximum atomic E-state index is 13.1. The number of carbonyl (C=O) groups is 2. The Morgan fingerprint density at radius 3 is 2.55 bits per heavy atom. The van der Waals surface area contributed by atoms with E-state index in [1.807, 2.05) is 20.8 Å². The number of nitrogens with zero attached hydrogens (tertiary/aromatic N) is 2. The van der Waals surface area contributed by atoms with E-state index in [2.05, 4.69) is 43.4 Å². The van der Waals surface area contributed by atoms with Crippen molar-refractivity contribution in [2.75, 3.05) is 12.4 Å². The Morgan fingerprint density at radius 2 is 1.97 bits per heavy atom. The molecule has 0 aromatic carbocycles. The molecule has 3 heterocycles. The highest BCUT2D eigenvalue weighted by molar-refractivity contribution is 7.17. The molecule has 0 radical (unpaired) electrons. The number of hydrogen-bond acceptors (Lipinski definition) is 6. The van der Waals surface area contributed by atoms with E-state index in [0.29, 0.717) is 22.7 Å². The van der Waals surface area contributed by atoms with E-state index in [1.165, 1.54) is 18.4 Å². The third-order valence-corrected chi connectivity index (χ3v) is 6.51. The van der Waals surface area contributed by atoms with E-state index in [-0.39, 0.29) is 23.0 Å². The monoisotopic (exact) mass is 418 g/mol. The van der Waals surface area contributed by atoms with Crippen molar-refractivity contribution in [2.45, 2.75) is 72.0 Å². The maximum Gasteiger partial charge on any atom is 0.341 e. The molecule has 2 aromatic rings. The number of thiophene rings is 1. The molecule has 7 nitrogen and oxygen atoms in total. The van der Waals surface area contributed by atoms with Crippen LogP contribution in [0, 0.1) is 6.92 Å². The molecule has 29 heavy (non-hydrogen) atoms. The maximum absolute atomic E-state index is 13.1. The molecule has 0 atom stereocenters. The predicted octanol–water partition coefficient (Wildman–Crippen LogP) is 4.03. The first-order valence-electron chi connectivity index (χ1n) is 9.77. The van der Waals surface area contributed by atoms with Crippen molar-refractivity contribution in [3.63, 3.8) is 0 Å². The molecular weight excluding hydrogens is 388 g/mol. The SMILES string of the molecule is COC(=O)c1c(NC(=O)c2cc(C)nn2C(C)C)sc2c1CC(C)(C)NC2(C)C. The summed E-state index contributed by atoms with van der Waals surface area (Å²) in [6, 6.07) is 1.81. The molecular formula is C21H30N4O3S. The summed E-state index contributed by atoms with van der Waals surface area (Å²) in [5.41, 5.74) is 2.13. The van der Waals surface area contributed by atoms with Gasteiger partial charge in [0.05, 0.1) is 18.4 Å². The van der Waals surface area contributed by atoms with Gasteiger partial charge in [-0.1, -0.05) is 0 Å². The van der Waals surface area contributed by atoms with Gasteiger partial charge in [-0.3, -0.25) is 9.48 Å². The minimum absolute atomic E-state index is 0.0463. The van der Waals surface area contributed by atoms with Crippen molar-refractivity contribution < 1.29 is 14.3 Å². The smallest absolute Gasteiger partial charge is 0.341 e. The number of ether oxygens (including phenoxy) is 1. The predicted molar refractivity (Wildman–Crippen MR) is 115 cm³/mol. The van der Waals surface area contributed by atoms with Crippen LogP contribution in [0.5, 0.6) is 0 Å². The van der Waals surface area contributed by atoms with Gasteiger partial charge >= 0.3 is 5.97 Å². The first-order valence-corrected chi connectivity index (χ1v) is 10.6. The second-order valence-corrected chi connectivity index (χ2v) is 10.1. The van der Waals surface area contributed by atoms with Crippen molar-refractivity contribution in [2.24, 2.45) is 0 Å². The highest BCUT2D eigenvalue weighted by atomic mass is 32.1. The van der Waals surface area contributed by atoms with E-state index >= 15 is 0 Å². The molecule has 2 N–H and O–H groups in total.